The first-order valence-electron chi connectivity index (χ1n) is 6.64. The fourth-order valence-corrected chi connectivity index (χ4v) is 2.50. The summed E-state index contributed by atoms with van der Waals surface area (Å²) in [5, 5.41) is 12.2. The van der Waals surface area contributed by atoms with Crippen LogP contribution >= 0.6 is 0 Å². The first-order chi connectivity index (χ1) is 8.27. The van der Waals surface area contributed by atoms with Crippen LogP contribution in [0.5, 0.6) is 0 Å². The molecular formula is C13H25NO3. The molecule has 0 aromatic rings. The van der Waals surface area contributed by atoms with Crippen molar-refractivity contribution in [3.63, 3.8) is 0 Å². The second-order valence-corrected chi connectivity index (χ2v) is 4.89. The Labute approximate surface area is 104 Å². The van der Waals surface area contributed by atoms with Crippen LogP contribution in [0.25, 0.3) is 0 Å². The standard InChI is InChI=1S/C13H25NO3/c1-17-8-4-7-13(16)14-9-11-5-2-3-6-12(11)10-15/h11-12,15H,2-10H2,1H3,(H,14,16). The Balaban J connectivity index is 2.17. The van der Waals surface area contributed by atoms with Gasteiger partial charge in [0.2, 0.25) is 5.91 Å². The zero-order valence-electron chi connectivity index (χ0n) is 10.8. The van der Waals surface area contributed by atoms with Crippen molar-refractivity contribution in [2.24, 2.45) is 11.8 Å². The monoisotopic (exact) mass is 243 g/mol. The highest BCUT2D eigenvalue weighted by Crippen LogP contribution is 2.28. The third kappa shape index (κ3) is 5.50. The van der Waals surface area contributed by atoms with Gasteiger partial charge in [0.25, 0.3) is 0 Å². The van der Waals surface area contributed by atoms with Gasteiger partial charge in [-0.2, -0.15) is 0 Å². The number of ether oxygens (including phenoxy) is 1. The molecule has 0 aromatic heterocycles. The third-order valence-corrected chi connectivity index (χ3v) is 3.61. The fourth-order valence-electron chi connectivity index (χ4n) is 2.50. The summed E-state index contributed by atoms with van der Waals surface area (Å²) in [4.78, 5) is 11.5. The number of methoxy groups -OCH3 is 1. The van der Waals surface area contributed by atoms with E-state index < -0.39 is 0 Å². The van der Waals surface area contributed by atoms with Gasteiger partial charge in [0.15, 0.2) is 0 Å². The Morgan fingerprint density at radius 3 is 2.71 bits per heavy atom. The lowest BCUT2D eigenvalue weighted by atomic mass is 9.79. The minimum absolute atomic E-state index is 0.101. The van der Waals surface area contributed by atoms with E-state index in [9.17, 15) is 9.90 Å². The number of nitrogens with one attached hydrogen (secondary N) is 1. The molecule has 1 aliphatic carbocycles. The molecule has 100 valence electrons. The number of aliphatic hydroxyl groups is 1. The highest BCUT2D eigenvalue weighted by atomic mass is 16.5. The van der Waals surface area contributed by atoms with Crippen LogP contribution in [0, 0.1) is 11.8 Å². The van der Waals surface area contributed by atoms with Crippen LogP contribution in [-0.4, -0.2) is 37.9 Å². The van der Waals surface area contributed by atoms with E-state index in [1.54, 1.807) is 7.11 Å². The molecule has 1 fully saturated rings. The van der Waals surface area contributed by atoms with Gasteiger partial charge in [-0.25, -0.2) is 0 Å². The molecular weight excluding hydrogens is 218 g/mol. The Bertz CT molecular complexity index is 221. The zero-order valence-corrected chi connectivity index (χ0v) is 10.8. The summed E-state index contributed by atoms with van der Waals surface area (Å²) in [6, 6.07) is 0. The van der Waals surface area contributed by atoms with Gasteiger partial charge in [-0.3, -0.25) is 4.79 Å². The lowest BCUT2D eigenvalue weighted by Crippen LogP contribution is -2.35. The van der Waals surface area contributed by atoms with Crippen molar-refractivity contribution >= 4 is 5.91 Å². The van der Waals surface area contributed by atoms with E-state index >= 15 is 0 Å². The molecule has 2 unspecified atom stereocenters. The normalized spacial score (nSPS) is 24.6. The zero-order chi connectivity index (χ0) is 12.5. The van der Waals surface area contributed by atoms with E-state index in [4.69, 9.17) is 4.74 Å². The summed E-state index contributed by atoms with van der Waals surface area (Å²) in [5.74, 6) is 0.937. The number of aliphatic hydroxyl groups excluding tert-OH is 1. The van der Waals surface area contributed by atoms with Crippen LogP contribution in [0.1, 0.15) is 38.5 Å². The van der Waals surface area contributed by atoms with Gasteiger partial charge in [-0.15, -0.1) is 0 Å². The van der Waals surface area contributed by atoms with Crippen molar-refractivity contribution in [1.82, 2.24) is 5.32 Å². The van der Waals surface area contributed by atoms with Gasteiger partial charge in [0.05, 0.1) is 0 Å². The third-order valence-electron chi connectivity index (χ3n) is 3.61. The van der Waals surface area contributed by atoms with Crippen LogP contribution in [0.3, 0.4) is 0 Å². The van der Waals surface area contributed by atoms with E-state index in [2.05, 4.69) is 5.32 Å². The summed E-state index contributed by atoms with van der Waals surface area (Å²) in [6.45, 7) is 1.61. The number of hydrogen-bond acceptors (Lipinski definition) is 3. The predicted molar refractivity (Wildman–Crippen MR) is 66.7 cm³/mol. The quantitative estimate of drug-likeness (QED) is 0.663. The van der Waals surface area contributed by atoms with Crippen LogP contribution in [0.4, 0.5) is 0 Å². The summed E-state index contributed by atoms with van der Waals surface area (Å²) in [5.41, 5.74) is 0. The number of carbonyl (C=O) groups is 1. The van der Waals surface area contributed by atoms with Crippen molar-refractivity contribution in [1.29, 1.82) is 0 Å². The molecule has 4 nitrogen and oxygen atoms in total. The Kier molecular flexibility index (Phi) is 7.21. The average molecular weight is 243 g/mol. The van der Waals surface area contributed by atoms with Crippen molar-refractivity contribution in [3.05, 3.63) is 0 Å². The molecule has 0 radical (unpaired) electrons. The highest BCUT2D eigenvalue weighted by Gasteiger charge is 2.24. The summed E-state index contributed by atoms with van der Waals surface area (Å²) in [6.07, 6.45) is 5.97. The average Bonchev–Trinajstić information content (AvgIpc) is 2.37. The first kappa shape index (κ1) is 14.5. The molecule has 0 saturated heterocycles. The van der Waals surface area contributed by atoms with Crippen LogP contribution in [0.15, 0.2) is 0 Å². The minimum atomic E-state index is 0.101. The molecule has 1 amide bonds. The lowest BCUT2D eigenvalue weighted by Gasteiger charge is -2.30. The van der Waals surface area contributed by atoms with Crippen molar-refractivity contribution < 1.29 is 14.6 Å². The maximum atomic E-state index is 11.5. The maximum Gasteiger partial charge on any atom is 0.220 e. The van der Waals surface area contributed by atoms with Gasteiger partial charge in [-0.05, 0) is 31.1 Å². The number of carbonyl (C=O) groups excluding carboxylic acids is 1. The van der Waals surface area contributed by atoms with Crippen LogP contribution in [-0.2, 0) is 9.53 Å². The molecule has 0 heterocycles. The number of amides is 1. The Morgan fingerprint density at radius 2 is 2.06 bits per heavy atom. The molecule has 1 saturated carbocycles. The van der Waals surface area contributed by atoms with Crippen LogP contribution in [0.2, 0.25) is 0 Å². The summed E-state index contributed by atoms with van der Waals surface area (Å²) in [7, 11) is 1.64. The molecule has 0 aliphatic heterocycles. The number of hydrogen-bond donors (Lipinski definition) is 2. The lowest BCUT2D eigenvalue weighted by molar-refractivity contribution is -0.121. The molecule has 17 heavy (non-hydrogen) atoms. The van der Waals surface area contributed by atoms with E-state index in [-0.39, 0.29) is 12.5 Å². The van der Waals surface area contributed by atoms with E-state index in [0.717, 1.165) is 25.8 Å². The molecule has 4 heteroatoms. The van der Waals surface area contributed by atoms with Gasteiger partial charge in [-0.1, -0.05) is 12.8 Å². The number of rotatable bonds is 7. The Hall–Kier alpha value is -0.610. The van der Waals surface area contributed by atoms with Crippen molar-refractivity contribution in [3.8, 4) is 0 Å². The smallest absolute Gasteiger partial charge is 0.220 e. The summed E-state index contributed by atoms with van der Waals surface area (Å²) < 4.78 is 4.91. The second-order valence-electron chi connectivity index (χ2n) is 4.89. The fraction of sp³-hybridized carbons (Fsp3) is 0.923. The van der Waals surface area contributed by atoms with Gasteiger partial charge in [0, 0.05) is 33.3 Å². The SMILES string of the molecule is COCCCC(=O)NCC1CCCCC1CO. The first-order valence-corrected chi connectivity index (χ1v) is 6.64. The molecule has 1 rings (SSSR count). The topological polar surface area (TPSA) is 58.6 Å². The van der Waals surface area contributed by atoms with Crippen molar-refractivity contribution in [2.45, 2.75) is 38.5 Å². The predicted octanol–water partition coefficient (Wildman–Crippen LogP) is 1.33. The van der Waals surface area contributed by atoms with E-state index in [1.165, 1.54) is 12.8 Å². The largest absolute Gasteiger partial charge is 0.396 e. The maximum absolute atomic E-state index is 11.5. The Morgan fingerprint density at radius 1 is 1.35 bits per heavy atom. The minimum Gasteiger partial charge on any atom is -0.396 e. The summed E-state index contributed by atoms with van der Waals surface area (Å²) >= 11 is 0. The van der Waals surface area contributed by atoms with Crippen molar-refractivity contribution in [2.75, 3.05) is 26.9 Å². The molecule has 2 N–H and O–H groups in total. The molecule has 1 aliphatic rings. The second kappa shape index (κ2) is 8.48. The molecule has 0 spiro atoms. The highest BCUT2D eigenvalue weighted by molar-refractivity contribution is 5.75. The van der Waals surface area contributed by atoms with E-state index in [1.807, 2.05) is 0 Å². The van der Waals surface area contributed by atoms with Gasteiger partial charge >= 0.3 is 0 Å². The molecule has 2 atom stereocenters. The van der Waals surface area contributed by atoms with Gasteiger partial charge in [0.1, 0.15) is 0 Å². The van der Waals surface area contributed by atoms with Crippen LogP contribution < -0.4 is 5.32 Å². The van der Waals surface area contributed by atoms with Gasteiger partial charge < -0.3 is 15.2 Å². The molecule has 0 aromatic carbocycles. The molecule has 0 bridgehead atoms. The van der Waals surface area contributed by atoms with E-state index in [0.29, 0.717) is 24.9 Å².